The van der Waals surface area contributed by atoms with Gasteiger partial charge in [0.1, 0.15) is 15.6 Å². The number of hydrogen-bond acceptors (Lipinski definition) is 8. The first-order valence-electron chi connectivity index (χ1n) is 12.9. The molecule has 2 heterocycles. The van der Waals surface area contributed by atoms with Gasteiger partial charge >= 0.3 is 11.9 Å². The van der Waals surface area contributed by atoms with E-state index in [1.165, 1.54) is 0 Å². The van der Waals surface area contributed by atoms with E-state index in [1.54, 1.807) is 41.7 Å². The zero-order chi connectivity index (χ0) is 29.1. The lowest BCUT2D eigenvalue weighted by Gasteiger charge is -2.15. The number of fused-ring (bicyclic) bond motifs is 1. The van der Waals surface area contributed by atoms with Gasteiger partial charge in [-0.3, -0.25) is 4.79 Å². The number of methoxy groups -OCH3 is 1. The smallest absolute Gasteiger partial charge is 0.348 e. The Kier molecular flexibility index (Phi) is 8.54. The van der Waals surface area contributed by atoms with Crippen LogP contribution >= 0.6 is 11.3 Å². The number of anilines is 1. The fraction of sp³-hybridized carbons (Fsp3) is 0.290. The Morgan fingerprint density at radius 3 is 2.08 bits per heavy atom. The number of carbonyl (C=O) groups excluding carboxylic acids is 3. The van der Waals surface area contributed by atoms with Crippen LogP contribution in [0.25, 0.3) is 22.2 Å². The molecule has 1 N–H and O–H groups in total. The van der Waals surface area contributed by atoms with E-state index in [0.29, 0.717) is 39.0 Å². The highest BCUT2D eigenvalue weighted by atomic mass is 32.1. The van der Waals surface area contributed by atoms with E-state index >= 15 is 0 Å². The first-order chi connectivity index (χ1) is 19.0. The Bertz CT molecular complexity index is 1590. The third-order valence-corrected chi connectivity index (χ3v) is 7.36. The number of thiophene rings is 1. The third-order valence-electron chi connectivity index (χ3n) is 6.18. The average molecular weight is 561 g/mol. The second kappa shape index (κ2) is 11.9. The summed E-state index contributed by atoms with van der Waals surface area (Å²) in [6.45, 7) is 10.4. The number of hydrogen-bond donors (Lipinski definition) is 1. The number of esters is 2. The minimum Gasteiger partial charge on any atom is -0.497 e. The summed E-state index contributed by atoms with van der Waals surface area (Å²) in [7, 11) is 1.60. The minimum atomic E-state index is -0.627. The third kappa shape index (κ3) is 5.84. The predicted octanol–water partition coefficient (Wildman–Crippen LogP) is 6.97. The largest absolute Gasteiger partial charge is 0.497 e. The van der Waals surface area contributed by atoms with Crippen molar-refractivity contribution in [3.05, 3.63) is 75.7 Å². The molecule has 2 aromatic carbocycles. The van der Waals surface area contributed by atoms with Crippen LogP contribution in [0.1, 0.15) is 69.2 Å². The van der Waals surface area contributed by atoms with Gasteiger partial charge in [-0.15, -0.1) is 11.3 Å². The average Bonchev–Trinajstić information content (AvgIpc) is 3.23. The Balaban J connectivity index is 1.83. The number of nitrogens with zero attached hydrogens (tertiary/aromatic N) is 1. The quantitative estimate of drug-likeness (QED) is 0.232. The standard InChI is InChI=1S/C31H32N2O6S/c1-16(2)38-30(35)25-19(6)27(31(36)39-17(3)4)40-29(25)33-28(34)24-18(5)26(20-12-14-21(37-7)15-13-20)32-23-11-9-8-10-22(23)24/h8-17H,1-7H3,(H,33,34). The van der Waals surface area contributed by atoms with Crippen molar-refractivity contribution in [1.82, 2.24) is 4.98 Å². The highest BCUT2D eigenvalue weighted by molar-refractivity contribution is 7.18. The number of carbonyl (C=O) groups is 3. The maximum Gasteiger partial charge on any atom is 0.348 e. The van der Waals surface area contributed by atoms with Crippen LogP contribution in [0.3, 0.4) is 0 Å². The molecule has 0 saturated carbocycles. The van der Waals surface area contributed by atoms with Crippen LogP contribution < -0.4 is 10.1 Å². The summed E-state index contributed by atoms with van der Waals surface area (Å²) in [5.74, 6) is -0.919. The van der Waals surface area contributed by atoms with Crippen LogP contribution in [0.4, 0.5) is 5.00 Å². The topological polar surface area (TPSA) is 104 Å². The number of rotatable bonds is 8. The monoisotopic (exact) mass is 560 g/mol. The Hall–Kier alpha value is -4.24. The molecule has 0 radical (unpaired) electrons. The van der Waals surface area contributed by atoms with Gasteiger partial charge in [-0.05, 0) is 83.0 Å². The van der Waals surface area contributed by atoms with Crippen molar-refractivity contribution in [2.75, 3.05) is 12.4 Å². The van der Waals surface area contributed by atoms with Crippen molar-refractivity contribution < 1.29 is 28.6 Å². The molecule has 40 heavy (non-hydrogen) atoms. The van der Waals surface area contributed by atoms with Gasteiger partial charge in [0.15, 0.2) is 0 Å². The summed E-state index contributed by atoms with van der Waals surface area (Å²) in [6.07, 6.45) is -0.736. The SMILES string of the molecule is COc1ccc(-c2nc3ccccc3c(C(=O)Nc3sc(C(=O)OC(C)C)c(C)c3C(=O)OC(C)C)c2C)cc1. The molecule has 0 aliphatic rings. The molecular formula is C31H32N2O6S. The molecule has 0 fully saturated rings. The number of amides is 1. The normalized spacial score (nSPS) is 11.1. The maximum atomic E-state index is 14.0. The molecule has 4 rings (SSSR count). The highest BCUT2D eigenvalue weighted by Gasteiger charge is 2.29. The molecule has 0 aliphatic heterocycles. The van der Waals surface area contributed by atoms with Crippen LogP contribution in [-0.2, 0) is 9.47 Å². The van der Waals surface area contributed by atoms with E-state index in [0.717, 1.165) is 16.9 Å². The summed E-state index contributed by atoms with van der Waals surface area (Å²) in [4.78, 5) is 45.0. The lowest BCUT2D eigenvalue weighted by atomic mass is 9.97. The molecule has 0 spiro atoms. The molecule has 208 valence electrons. The van der Waals surface area contributed by atoms with E-state index < -0.39 is 17.8 Å². The molecule has 2 aromatic heterocycles. The fourth-order valence-corrected chi connectivity index (χ4v) is 5.45. The second-order valence-electron chi connectivity index (χ2n) is 9.83. The van der Waals surface area contributed by atoms with Crippen LogP contribution in [0.15, 0.2) is 48.5 Å². The zero-order valence-electron chi connectivity index (χ0n) is 23.6. The summed E-state index contributed by atoms with van der Waals surface area (Å²) >= 11 is 0.994. The number of aromatic nitrogens is 1. The number of nitrogens with one attached hydrogen (secondary N) is 1. The van der Waals surface area contributed by atoms with E-state index in [4.69, 9.17) is 19.2 Å². The summed E-state index contributed by atoms with van der Waals surface area (Å²) < 4.78 is 16.1. The van der Waals surface area contributed by atoms with E-state index in [-0.39, 0.29) is 27.6 Å². The zero-order valence-corrected chi connectivity index (χ0v) is 24.4. The molecule has 8 nitrogen and oxygen atoms in total. The second-order valence-corrected chi connectivity index (χ2v) is 10.8. The van der Waals surface area contributed by atoms with Gasteiger partial charge in [0.05, 0.1) is 41.7 Å². The lowest BCUT2D eigenvalue weighted by Crippen LogP contribution is -2.18. The van der Waals surface area contributed by atoms with Gasteiger partial charge in [0, 0.05) is 10.9 Å². The van der Waals surface area contributed by atoms with Crippen LogP contribution in [0.5, 0.6) is 5.75 Å². The lowest BCUT2D eigenvalue weighted by molar-refractivity contribution is 0.0378. The highest BCUT2D eigenvalue weighted by Crippen LogP contribution is 2.37. The van der Waals surface area contributed by atoms with Gasteiger partial charge in [-0.2, -0.15) is 0 Å². The predicted molar refractivity (Wildman–Crippen MR) is 157 cm³/mol. The molecule has 0 unspecified atom stereocenters. The molecule has 4 aromatic rings. The summed E-state index contributed by atoms with van der Waals surface area (Å²) in [6, 6.07) is 14.8. The molecule has 9 heteroatoms. The first-order valence-corrected chi connectivity index (χ1v) is 13.7. The van der Waals surface area contributed by atoms with E-state index in [9.17, 15) is 14.4 Å². The van der Waals surface area contributed by atoms with Gasteiger partial charge < -0.3 is 19.5 Å². The molecule has 0 bridgehead atoms. The molecule has 0 atom stereocenters. The van der Waals surface area contributed by atoms with Gasteiger partial charge in [-0.25, -0.2) is 14.6 Å². The van der Waals surface area contributed by atoms with Crippen LogP contribution in [0, 0.1) is 13.8 Å². The van der Waals surface area contributed by atoms with Gasteiger partial charge in [0.25, 0.3) is 5.91 Å². The number of ether oxygens (including phenoxy) is 3. The van der Waals surface area contributed by atoms with Gasteiger partial charge in [-0.1, -0.05) is 18.2 Å². The maximum absolute atomic E-state index is 14.0. The molecular weight excluding hydrogens is 528 g/mol. The Morgan fingerprint density at radius 1 is 0.825 bits per heavy atom. The molecule has 0 saturated heterocycles. The van der Waals surface area contributed by atoms with Gasteiger partial charge in [0.2, 0.25) is 0 Å². The van der Waals surface area contributed by atoms with Crippen molar-refractivity contribution in [1.29, 1.82) is 0 Å². The number of pyridine rings is 1. The van der Waals surface area contributed by atoms with Crippen LogP contribution in [0.2, 0.25) is 0 Å². The van der Waals surface area contributed by atoms with Crippen molar-refractivity contribution in [2.45, 2.75) is 53.8 Å². The van der Waals surface area contributed by atoms with Crippen LogP contribution in [-0.4, -0.2) is 42.1 Å². The summed E-state index contributed by atoms with van der Waals surface area (Å²) in [5, 5.41) is 3.78. The van der Waals surface area contributed by atoms with Crippen molar-refractivity contribution >= 4 is 45.1 Å². The molecule has 1 amide bonds. The number of benzene rings is 2. The Labute approximate surface area is 237 Å². The van der Waals surface area contributed by atoms with Crippen molar-refractivity contribution in [2.24, 2.45) is 0 Å². The van der Waals surface area contributed by atoms with Crippen molar-refractivity contribution in [3.63, 3.8) is 0 Å². The van der Waals surface area contributed by atoms with E-state index in [2.05, 4.69) is 5.32 Å². The van der Waals surface area contributed by atoms with E-state index in [1.807, 2.05) is 55.5 Å². The van der Waals surface area contributed by atoms with Crippen molar-refractivity contribution in [3.8, 4) is 17.0 Å². The fourth-order valence-electron chi connectivity index (χ4n) is 4.38. The first kappa shape index (κ1) is 28.8. The summed E-state index contributed by atoms with van der Waals surface area (Å²) in [5.41, 5.74) is 3.73. The number of para-hydroxylation sites is 1. The minimum absolute atomic E-state index is 0.133. The Morgan fingerprint density at radius 2 is 1.45 bits per heavy atom. The molecule has 0 aliphatic carbocycles.